The number of carbonyl (C=O) groups excluding carboxylic acids is 5. The zero-order valence-corrected chi connectivity index (χ0v) is 43.6. The van der Waals surface area contributed by atoms with Gasteiger partial charge < -0.3 is 43.9 Å². The van der Waals surface area contributed by atoms with Crippen LogP contribution >= 0.6 is 11.8 Å². The maximum atomic E-state index is 15.3. The fourth-order valence-corrected chi connectivity index (χ4v) is 9.24. The molecule has 3 heterocycles. The number of ether oxygens (including phenoxy) is 4. The van der Waals surface area contributed by atoms with Gasteiger partial charge in [-0.1, -0.05) is 51.1 Å². The predicted molar refractivity (Wildman–Crippen MR) is 270 cm³/mol. The van der Waals surface area contributed by atoms with Crippen molar-refractivity contribution in [2.24, 2.45) is 17.3 Å². The smallest absolute Gasteiger partial charge is 0.481 e. The molecular formula is C53H67F5N4O13S. The van der Waals surface area contributed by atoms with Crippen molar-refractivity contribution in [1.29, 1.82) is 0 Å². The van der Waals surface area contributed by atoms with Crippen LogP contribution in [0.1, 0.15) is 70.2 Å². The molecule has 5 rings (SSSR count). The number of nitrogens with zero attached hydrogens (tertiary/aromatic N) is 3. The van der Waals surface area contributed by atoms with Gasteiger partial charge in [0, 0.05) is 79.9 Å². The lowest BCUT2D eigenvalue weighted by Crippen LogP contribution is -2.45. The summed E-state index contributed by atoms with van der Waals surface area (Å²) in [5.74, 6) is -7.45. The van der Waals surface area contributed by atoms with Gasteiger partial charge in [-0.25, -0.2) is 13.6 Å². The van der Waals surface area contributed by atoms with Crippen LogP contribution in [0.3, 0.4) is 0 Å². The van der Waals surface area contributed by atoms with Crippen molar-refractivity contribution in [2.45, 2.75) is 71.6 Å². The Bertz CT molecular complexity index is 2410. The van der Waals surface area contributed by atoms with E-state index in [2.05, 4.69) is 5.32 Å². The molecule has 3 aromatic rings. The Labute approximate surface area is 442 Å². The Morgan fingerprint density at radius 1 is 0.816 bits per heavy atom. The number of aromatic nitrogens is 1. The van der Waals surface area contributed by atoms with E-state index in [9.17, 15) is 51.4 Å². The summed E-state index contributed by atoms with van der Waals surface area (Å²) >= 11 is 1.18. The maximum absolute atomic E-state index is 15.3. The Morgan fingerprint density at radius 3 is 1.99 bits per heavy atom. The minimum Gasteiger partial charge on any atom is -0.481 e. The van der Waals surface area contributed by atoms with Crippen LogP contribution in [0.5, 0.6) is 0 Å². The average Bonchev–Trinajstić information content (AvgIpc) is 4.12. The van der Waals surface area contributed by atoms with Crippen molar-refractivity contribution in [3.05, 3.63) is 95.8 Å². The molecule has 1 fully saturated rings. The SMILES string of the molecule is CC(C)(C)[C@H](c1cc(-c2cc(F)ccc2F)cn1Cc1ccccc1)N(CC1CCNC1)C(=O)CSC[C@H](CC(=O)CCOCCOCCOCCOCCCC(=O)CN1C(=O)C=CC1=O)C(=O)O.O=C(O)C(F)(F)F. The number of carboxylic acid groups (broad SMARTS) is 2. The van der Waals surface area contributed by atoms with Crippen LogP contribution in [0.4, 0.5) is 22.0 Å². The molecule has 3 atom stereocenters. The van der Waals surface area contributed by atoms with E-state index >= 15 is 4.39 Å². The molecule has 0 spiro atoms. The van der Waals surface area contributed by atoms with Crippen LogP contribution in [0.25, 0.3) is 11.1 Å². The lowest BCUT2D eigenvalue weighted by atomic mass is 9.82. The van der Waals surface area contributed by atoms with Gasteiger partial charge in [-0.05, 0) is 67.1 Å². The third-order valence-electron chi connectivity index (χ3n) is 11.9. The molecule has 0 aliphatic carbocycles. The third kappa shape index (κ3) is 21.6. The number of Topliss-reactive ketones (excluding diaryl/α,β-unsaturated/α-hetero) is 2. The summed E-state index contributed by atoms with van der Waals surface area (Å²) in [6.45, 7) is 10.5. The second-order valence-electron chi connectivity index (χ2n) is 19.1. The molecular weight excluding hydrogens is 1030 g/mol. The second kappa shape index (κ2) is 31.4. The molecule has 23 heteroatoms. The molecule has 0 radical (unpaired) electrons. The second-order valence-corrected chi connectivity index (χ2v) is 20.1. The summed E-state index contributed by atoms with van der Waals surface area (Å²) in [6, 6.07) is 14.5. The van der Waals surface area contributed by atoms with Crippen LogP contribution in [-0.2, 0) is 59.1 Å². The highest BCUT2D eigenvalue weighted by atomic mass is 32.2. The number of amides is 3. The number of halogens is 5. The molecule has 3 amide bonds. The van der Waals surface area contributed by atoms with Crippen molar-refractivity contribution in [2.75, 3.05) is 90.5 Å². The molecule has 1 aromatic heterocycles. The molecule has 76 heavy (non-hydrogen) atoms. The average molecular weight is 1100 g/mol. The van der Waals surface area contributed by atoms with Gasteiger partial charge in [0.05, 0.1) is 70.5 Å². The van der Waals surface area contributed by atoms with E-state index < -0.39 is 58.9 Å². The van der Waals surface area contributed by atoms with Gasteiger partial charge in [-0.2, -0.15) is 24.9 Å². The monoisotopic (exact) mass is 1090 g/mol. The first-order chi connectivity index (χ1) is 36.0. The highest BCUT2D eigenvalue weighted by Crippen LogP contribution is 2.42. The highest BCUT2D eigenvalue weighted by molar-refractivity contribution is 7.99. The molecule has 17 nitrogen and oxygen atoms in total. The van der Waals surface area contributed by atoms with E-state index in [1.54, 1.807) is 0 Å². The zero-order chi connectivity index (χ0) is 55.8. The summed E-state index contributed by atoms with van der Waals surface area (Å²) in [4.78, 5) is 86.5. The zero-order valence-electron chi connectivity index (χ0n) is 42.8. The Kier molecular flexibility index (Phi) is 25.9. The largest absolute Gasteiger partial charge is 0.490 e. The van der Waals surface area contributed by atoms with Gasteiger partial charge in [-0.15, -0.1) is 0 Å². The number of hydrogen-bond donors (Lipinski definition) is 3. The van der Waals surface area contributed by atoms with Gasteiger partial charge in [0.1, 0.15) is 17.4 Å². The number of rotatable bonds is 32. The molecule has 1 unspecified atom stereocenters. The van der Waals surface area contributed by atoms with Gasteiger partial charge >= 0.3 is 18.1 Å². The van der Waals surface area contributed by atoms with E-state index in [-0.39, 0.29) is 86.1 Å². The topological polar surface area (TPSA) is 220 Å². The van der Waals surface area contributed by atoms with Crippen LogP contribution in [0.15, 0.2) is 72.9 Å². The maximum Gasteiger partial charge on any atom is 0.490 e. The molecule has 2 aromatic carbocycles. The summed E-state index contributed by atoms with van der Waals surface area (Å²) in [5, 5.41) is 20.6. The van der Waals surface area contributed by atoms with Crippen LogP contribution in [0, 0.1) is 28.9 Å². The van der Waals surface area contributed by atoms with Crippen molar-refractivity contribution < 1.29 is 84.7 Å². The lowest BCUT2D eigenvalue weighted by Gasteiger charge is -2.42. The lowest BCUT2D eigenvalue weighted by molar-refractivity contribution is -0.192. The van der Waals surface area contributed by atoms with E-state index in [4.69, 9.17) is 28.8 Å². The van der Waals surface area contributed by atoms with Crippen LogP contribution < -0.4 is 5.32 Å². The number of aliphatic carboxylic acids is 2. The molecule has 418 valence electrons. The van der Waals surface area contributed by atoms with Crippen LogP contribution in [0.2, 0.25) is 0 Å². The number of carboxylic acids is 2. The molecule has 0 saturated carbocycles. The van der Waals surface area contributed by atoms with E-state index in [1.807, 2.05) is 72.8 Å². The van der Waals surface area contributed by atoms with Gasteiger partial charge in [0.2, 0.25) is 5.91 Å². The Balaban J connectivity index is 0.00000166. The van der Waals surface area contributed by atoms with Crippen molar-refractivity contribution in [1.82, 2.24) is 19.7 Å². The summed E-state index contributed by atoms with van der Waals surface area (Å²) in [6.07, 6.45) is 0.356. The number of ketones is 2. The predicted octanol–water partition coefficient (Wildman–Crippen LogP) is 6.76. The minimum absolute atomic E-state index is 0.0186. The molecule has 2 aliphatic rings. The van der Waals surface area contributed by atoms with Gasteiger partial charge in [0.25, 0.3) is 11.8 Å². The number of imide groups is 1. The minimum atomic E-state index is -5.08. The Hall–Kier alpha value is -5.85. The molecule has 2 aliphatic heterocycles. The van der Waals surface area contributed by atoms with Gasteiger partial charge in [-0.3, -0.25) is 33.7 Å². The molecule has 1 saturated heterocycles. The summed E-state index contributed by atoms with van der Waals surface area (Å²) < 4.78 is 85.4. The third-order valence-corrected chi connectivity index (χ3v) is 13.0. The van der Waals surface area contributed by atoms with Gasteiger partial charge in [0.15, 0.2) is 5.78 Å². The first kappa shape index (κ1) is 62.7. The number of carbonyl (C=O) groups is 7. The number of nitrogens with one attached hydrogen (secondary N) is 1. The fraction of sp³-hybridized carbons (Fsp3) is 0.528. The van der Waals surface area contributed by atoms with E-state index in [0.29, 0.717) is 58.1 Å². The van der Waals surface area contributed by atoms with Crippen molar-refractivity contribution in [3.8, 4) is 11.1 Å². The Morgan fingerprint density at radius 2 is 1.42 bits per heavy atom. The quantitative estimate of drug-likeness (QED) is 0.0334. The number of hydrogen-bond acceptors (Lipinski definition) is 13. The number of benzene rings is 2. The van der Waals surface area contributed by atoms with Crippen molar-refractivity contribution in [3.63, 3.8) is 0 Å². The van der Waals surface area contributed by atoms with E-state index in [1.165, 1.54) is 17.8 Å². The van der Waals surface area contributed by atoms with Crippen molar-refractivity contribution >= 4 is 53.0 Å². The van der Waals surface area contributed by atoms with E-state index in [0.717, 1.165) is 60.0 Å². The summed E-state index contributed by atoms with van der Waals surface area (Å²) in [7, 11) is 0. The number of alkyl halides is 3. The molecule has 0 bridgehead atoms. The fourth-order valence-electron chi connectivity index (χ4n) is 8.24. The first-order valence-electron chi connectivity index (χ1n) is 24.7. The molecule has 3 N–H and O–H groups in total. The standard InChI is InChI=1S/C51H66F2N4O11S.C2HF3O2/c1-51(2,3)49(45-27-38(43-28-40(52)11-12-44(43)53)32-55(45)30-36-8-5-4-6-9-36)57(31-37-15-17-54-29-37)48(62)35-69-34-39(50(63)64)26-41(58)16-19-66-21-23-68-25-24-67-22-20-65-18-7-10-42(59)33-56-46(60)13-14-47(56)61;3-2(4,5)1(6)7/h4-6,8-9,11-14,27-28,32,37,39,49,54H,7,10,15-26,29-31,33-35H2,1-3H3,(H,63,64);(H,6,7)/t37?,39-,49-;/m0./s1. The summed E-state index contributed by atoms with van der Waals surface area (Å²) in [5.41, 5.74) is 1.83. The normalized spacial score (nSPS) is 15.4. The van der Waals surface area contributed by atoms with Crippen LogP contribution in [-0.4, -0.2) is 163 Å². The first-order valence-corrected chi connectivity index (χ1v) is 25.9. The number of thioether (sulfide) groups is 1. The highest BCUT2D eigenvalue weighted by Gasteiger charge is 2.40.